The Morgan fingerprint density at radius 2 is 1.67 bits per heavy atom. The van der Waals surface area contributed by atoms with Crippen LogP contribution < -0.4 is 15.8 Å². The number of nitrogens with two attached hydrogens (primary N) is 1. The van der Waals surface area contributed by atoms with E-state index >= 15 is 0 Å². The fourth-order valence-electron chi connectivity index (χ4n) is 1.50. The molecule has 0 bridgehead atoms. The summed E-state index contributed by atoms with van der Waals surface area (Å²) in [4.78, 5) is 0. The van der Waals surface area contributed by atoms with Crippen molar-refractivity contribution in [2.24, 2.45) is 0 Å². The average molecular weight is 307 g/mol. The average Bonchev–Trinajstić information content (AvgIpc) is 2.39. The number of hydrogen-bond donors (Lipinski definition) is 2. The number of halogens is 1. The van der Waals surface area contributed by atoms with Crippen molar-refractivity contribution < 1.29 is 4.74 Å². The van der Waals surface area contributed by atoms with Crippen LogP contribution in [0.1, 0.15) is 0 Å². The number of anilines is 2. The maximum atomic E-state index is 5.60. The molecule has 0 amide bonds. The van der Waals surface area contributed by atoms with Crippen LogP contribution in [0.15, 0.2) is 53.0 Å². The standard InChI is InChI=1S/C14H15BrN2O/c15-11-1-5-13(6-2-11)17-9-10-18-14-7-3-12(16)4-8-14/h1-8,17H,9-10,16H2. The molecule has 3 N–H and O–H groups in total. The third kappa shape index (κ3) is 3.96. The first-order chi connectivity index (χ1) is 8.74. The first-order valence-corrected chi connectivity index (χ1v) is 6.51. The van der Waals surface area contributed by atoms with Crippen molar-refractivity contribution in [1.82, 2.24) is 0 Å². The smallest absolute Gasteiger partial charge is 0.119 e. The highest BCUT2D eigenvalue weighted by Crippen LogP contribution is 2.14. The van der Waals surface area contributed by atoms with Gasteiger partial charge in [0.25, 0.3) is 0 Å². The van der Waals surface area contributed by atoms with Crippen LogP contribution in [0.2, 0.25) is 0 Å². The summed E-state index contributed by atoms with van der Waals surface area (Å²) in [6.07, 6.45) is 0. The molecule has 0 saturated heterocycles. The van der Waals surface area contributed by atoms with Crippen molar-refractivity contribution in [2.75, 3.05) is 24.2 Å². The van der Waals surface area contributed by atoms with E-state index in [4.69, 9.17) is 10.5 Å². The summed E-state index contributed by atoms with van der Waals surface area (Å²) < 4.78 is 6.65. The van der Waals surface area contributed by atoms with Gasteiger partial charge in [0.05, 0.1) is 0 Å². The molecule has 0 aliphatic heterocycles. The van der Waals surface area contributed by atoms with Gasteiger partial charge in [-0.15, -0.1) is 0 Å². The molecule has 0 atom stereocenters. The summed E-state index contributed by atoms with van der Waals surface area (Å²) in [5.41, 5.74) is 7.43. The fraction of sp³-hybridized carbons (Fsp3) is 0.143. The van der Waals surface area contributed by atoms with Crippen molar-refractivity contribution >= 4 is 27.3 Å². The van der Waals surface area contributed by atoms with Crippen molar-refractivity contribution in [3.8, 4) is 5.75 Å². The third-order valence-corrected chi connectivity index (χ3v) is 2.95. The first-order valence-electron chi connectivity index (χ1n) is 5.72. The molecule has 18 heavy (non-hydrogen) atoms. The minimum atomic E-state index is 0.611. The Labute approximate surface area is 115 Å². The molecule has 94 valence electrons. The normalized spacial score (nSPS) is 10.1. The Kier molecular flexibility index (Phi) is 4.47. The summed E-state index contributed by atoms with van der Waals surface area (Å²) in [5, 5.41) is 3.28. The lowest BCUT2D eigenvalue weighted by Gasteiger charge is -2.08. The highest BCUT2D eigenvalue weighted by atomic mass is 79.9. The Morgan fingerprint density at radius 3 is 2.33 bits per heavy atom. The summed E-state index contributed by atoms with van der Waals surface area (Å²) in [5.74, 6) is 0.835. The molecule has 0 radical (unpaired) electrons. The minimum absolute atomic E-state index is 0.611. The van der Waals surface area contributed by atoms with E-state index in [0.29, 0.717) is 6.61 Å². The zero-order valence-corrected chi connectivity index (χ0v) is 11.5. The molecular formula is C14H15BrN2O. The number of hydrogen-bond acceptors (Lipinski definition) is 3. The van der Waals surface area contributed by atoms with Crippen molar-refractivity contribution in [3.05, 3.63) is 53.0 Å². The molecule has 2 rings (SSSR count). The zero-order valence-electron chi connectivity index (χ0n) is 9.90. The van der Waals surface area contributed by atoms with Gasteiger partial charge in [0.1, 0.15) is 12.4 Å². The summed E-state index contributed by atoms with van der Waals surface area (Å²) in [6, 6.07) is 15.5. The van der Waals surface area contributed by atoms with E-state index in [1.54, 1.807) is 0 Å². The Morgan fingerprint density at radius 1 is 1.00 bits per heavy atom. The predicted molar refractivity (Wildman–Crippen MR) is 79.0 cm³/mol. The van der Waals surface area contributed by atoms with E-state index in [1.165, 1.54) is 0 Å². The molecule has 0 aliphatic carbocycles. The minimum Gasteiger partial charge on any atom is -0.492 e. The monoisotopic (exact) mass is 306 g/mol. The van der Waals surface area contributed by atoms with Gasteiger partial charge in [-0.2, -0.15) is 0 Å². The lowest BCUT2D eigenvalue weighted by atomic mass is 10.3. The summed E-state index contributed by atoms with van der Waals surface area (Å²) >= 11 is 3.40. The quantitative estimate of drug-likeness (QED) is 0.656. The molecule has 0 spiro atoms. The number of nitrogens with one attached hydrogen (secondary N) is 1. The van der Waals surface area contributed by atoms with Gasteiger partial charge < -0.3 is 15.8 Å². The summed E-state index contributed by atoms with van der Waals surface area (Å²) in [6.45, 7) is 1.37. The van der Waals surface area contributed by atoms with Gasteiger partial charge in [-0.05, 0) is 48.5 Å². The number of ether oxygens (including phenoxy) is 1. The number of nitrogen functional groups attached to an aromatic ring is 1. The molecule has 0 saturated carbocycles. The van der Waals surface area contributed by atoms with Gasteiger partial charge >= 0.3 is 0 Å². The highest BCUT2D eigenvalue weighted by Gasteiger charge is 1.94. The second-order valence-electron chi connectivity index (χ2n) is 3.85. The topological polar surface area (TPSA) is 47.3 Å². The van der Waals surface area contributed by atoms with E-state index in [2.05, 4.69) is 21.2 Å². The van der Waals surface area contributed by atoms with Crippen LogP contribution in [-0.2, 0) is 0 Å². The Bertz CT molecular complexity index is 435. The van der Waals surface area contributed by atoms with Crippen molar-refractivity contribution in [3.63, 3.8) is 0 Å². The van der Waals surface area contributed by atoms with Crippen molar-refractivity contribution in [1.29, 1.82) is 0 Å². The lowest BCUT2D eigenvalue weighted by Crippen LogP contribution is -2.11. The zero-order chi connectivity index (χ0) is 12.8. The molecule has 0 aliphatic rings. The van der Waals surface area contributed by atoms with Crippen LogP contribution in [0, 0.1) is 0 Å². The third-order valence-electron chi connectivity index (χ3n) is 2.42. The van der Waals surface area contributed by atoms with Gasteiger partial charge in [0.15, 0.2) is 0 Å². The maximum Gasteiger partial charge on any atom is 0.119 e. The van der Waals surface area contributed by atoms with E-state index in [1.807, 2.05) is 48.5 Å². The molecule has 0 fully saturated rings. The predicted octanol–water partition coefficient (Wildman–Crippen LogP) is 3.52. The maximum absolute atomic E-state index is 5.60. The first kappa shape index (κ1) is 12.8. The van der Waals surface area contributed by atoms with E-state index in [9.17, 15) is 0 Å². The SMILES string of the molecule is Nc1ccc(OCCNc2ccc(Br)cc2)cc1. The second-order valence-corrected chi connectivity index (χ2v) is 4.77. The molecule has 2 aromatic carbocycles. The van der Waals surface area contributed by atoms with Crippen LogP contribution in [0.4, 0.5) is 11.4 Å². The van der Waals surface area contributed by atoms with Crippen LogP contribution in [-0.4, -0.2) is 13.2 Å². The van der Waals surface area contributed by atoms with Crippen LogP contribution in [0.5, 0.6) is 5.75 Å². The van der Waals surface area contributed by atoms with Gasteiger partial charge in [-0.25, -0.2) is 0 Å². The second kappa shape index (κ2) is 6.31. The molecule has 0 heterocycles. The van der Waals surface area contributed by atoms with Gasteiger partial charge in [-0.1, -0.05) is 15.9 Å². The van der Waals surface area contributed by atoms with Crippen LogP contribution in [0.25, 0.3) is 0 Å². The van der Waals surface area contributed by atoms with Crippen LogP contribution in [0.3, 0.4) is 0 Å². The largest absolute Gasteiger partial charge is 0.492 e. The van der Waals surface area contributed by atoms with E-state index in [0.717, 1.165) is 28.1 Å². The number of rotatable bonds is 5. The van der Waals surface area contributed by atoms with Gasteiger partial charge in [0.2, 0.25) is 0 Å². The highest BCUT2D eigenvalue weighted by molar-refractivity contribution is 9.10. The molecule has 0 aromatic heterocycles. The van der Waals surface area contributed by atoms with Gasteiger partial charge in [-0.3, -0.25) is 0 Å². The summed E-state index contributed by atoms with van der Waals surface area (Å²) in [7, 11) is 0. The molecule has 0 unspecified atom stereocenters. The van der Waals surface area contributed by atoms with Crippen LogP contribution >= 0.6 is 15.9 Å². The number of benzene rings is 2. The molecule has 2 aromatic rings. The molecule has 4 heteroatoms. The molecular weight excluding hydrogens is 292 g/mol. The van der Waals surface area contributed by atoms with E-state index < -0.39 is 0 Å². The van der Waals surface area contributed by atoms with Gasteiger partial charge in [0, 0.05) is 22.4 Å². The fourth-order valence-corrected chi connectivity index (χ4v) is 1.76. The lowest BCUT2D eigenvalue weighted by molar-refractivity contribution is 0.333. The van der Waals surface area contributed by atoms with E-state index in [-0.39, 0.29) is 0 Å². The van der Waals surface area contributed by atoms with Crippen molar-refractivity contribution in [2.45, 2.75) is 0 Å². The Hall–Kier alpha value is -1.68. The molecule has 3 nitrogen and oxygen atoms in total. The Balaban J connectivity index is 1.73.